The number of benzene rings is 1. The molecule has 0 saturated heterocycles. The molecule has 0 saturated carbocycles. The monoisotopic (exact) mass is 334 g/mol. The van der Waals surface area contributed by atoms with Gasteiger partial charge < -0.3 is 9.84 Å². The van der Waals surface area contributed by atoms with Crippen LogP contribution in [0.15, 0.2) is 24.3 Å². The topological polar surface area (TPSA) is 63.6 Å². The van der Waals surface area contributed by atoms with Gasteiger partial charge in [0.2, 0.25) is 0 Å². The minimum absolute atomic E-state index is 0.0593. The normalized spacial score (nSPS) is 12.2. The minimum atomic E-state index is -0.999. The molecular weight excluding hydrogens is 304 g/mol. The fourth-order valence-electron chi connectivity index (χ4n) is 2.55. The standard InChI is InChI=1S/C20H30O4/c1-4-5-6-7-8-18(14-9-15(2)3)24-20(23)17-12-10-16(11-13-17)19(21)22/h10-13,15,18H,4-9,14H2,1-3H3,(H,21,22). The van der Waals surface area contributed by atoms with E-state index in [1.54, 1.807) is 0 Å². The first kappa shape index (κ1) is 20.2. The van der Waals surface area contributed by atoms with Crippen LogP contribution in [0.25, 0.3) is 0 Å². The van der Waals surface area contributed by atoms with Crippen LogP contribution >= 0.6 is 0 Å². The van der Waals surface area contributed by atoms with Crippen molar-refractivity contribution in [3.63, 3.8) is 0 Å². The second-order valence-electron chi connectivity index (χ2n) is 6.73. The number of unbranched alkanes of at least 4 members (excludes halogenated alkanes) is 3. The fourth-order valence-corrected chi connectivity index (χ4v) is 2.55. The number of hydrogen-bond acceptors (Lipinski definition) is 3. The van der Waals surface area contributed by atoms with E-state index in [-0.39, 0.29) is 17.6 Å². The van der Waals surface area contributed by atoms with E-state index in [1.807, 2.05) is 0 Å². The lowest BCUT2D eigenvalue weighted by Gasteiger charge is -2.19. The maximum Gasteiger partial charge on any atom is 0.338 e. The number of carboxylic acid groups (broad SMARTS) is 1. The molecule has 4 nitrogen and oxygen atoms in total. The molecular formula is C20H30O4. The molecule has 4 heteroatoms. The van der Waals surface area contributed by atoms with Crippen molar-refractivity contribution in [1.82, 2.24) is 0 Å². The minimum Gasteiger partial charge on any atom is -0.478 e. The van der Waals surface area contributed by atoms with Gasteiger partial charge in [0.15, 0.2) is 0 Å². The molecule has 0 radical (unpaired) electrons. The Morgan fingerprint density at radius 3 is 2.12 bits per heavy atom. The zero-order valence-corrected chi connectivity index (χ0v) is 15.1. The van der Waals surface area contributed by atoms with Crippen LogP contribution < -0.4 is 0 Å². The van der Waals surface area contributed by atoms with E-state index in [2.05, 4.69) is 20.8 Å². The number of hydrogen-bond donors (Lipinski definition) is 1. The van der Waals surface area contributed by atoms with Crippen molar-refractivity contribution in [3.8, 4) is 0 Å². The summed E-state index contributed by atoms with van der Waals surface area (Å²) in [5.41, 5.74) is 0.575. The van der Waals surface area contributed by atoms with Crippen LogP contribution in [0.2, 0.25) is 0 Å². The number of rotatable bonds is 11. The first-order valence-corrected chi connectivity index (χ1v) is 8.98. The van der Waals surface area contributed by atoms with Crippen molar-refractivity contribution in [1.29, 1.82) is 0 Å². The lowest BCUT2D eigenvalue weighted by atomic mass is 10.0. The van der Waals surface area contributed by atoms with Crippen LogP contribution in [0, 0.1) is 5.92 Å². The van der Waals surface area contributed by atoms with Crippen LogP contribution in [-0.4, -0.2) is 23.1 Å². The van der Waals surface area contributed by atoms with Crippen LogP contribution in [0.4, 0.5) is 0 Å². The molecule has 0 fully saturated rings. The second kappa shape index (κ2) is 10.8. The molecule has 0 bridgehead atoms. The number of ether oxygens (including phenoxy) is 1. The highest BCUT2D eigenvalue weighted by Crippen LogP contribution is 2.18. The third-order valence-electron chi connectivity index (χ3n) is 4.09. The average molecular weight is 334 g/mol. The zero-order valence-electron chi connectivity index (χ0n) is 15.1. The Bertz CT molecular complexity index is 505. The Balaban J connectivity index is 2.61. The number of carboxylic acids is 1. The molecule has 0 aromatic heterocycles. The van der Waals surface area contributed by atoms with Crippen molar-refractivity contribution < 1.29 is 19.4 Å². The van der Waals surface area contributed by atoms with Gasteiger partial charge in [0.25, 0.3) is 0 Å². The lowest BCUT2D eigenvalue weighted by Crippen LogP contribution is -2.19. The summed E-state index contributed by atoms with van der Waals surface area (Å²) in [6.45, 7) is 6.51. The Hall–Kier alpha value is -1.84. The summed E-state index contributed by atoms with van der Waals surface area (Å²) in [6.07, 6.45) is 7.38. The van der Waals surface area contributed by atoms with Gasteiger partial charge in [-0.3, -0.25) is 0 Å². The summed E-state index contributed by atoms with van der Waals surface area (Å²) in [6, 6.07) is 5.90. The van der Waals surface area contributed by atoms with Crippen molar-refractivity contribution in [2.75, 3.05) is 0 Å². The number of esters is 1. The van der Waals surface area contributed by atoms with Gasteiger partial charge >= 0.3 is 11.9 Å². The molecule has 0 spiro atoms. The maximum atomic E-state index is 12.3. The maximum absolute atomic E-state index is 12.3. The van der Waals surface area contributed by atoms with E-state index in [0.717, 1.165) is 25.7 Å². The highest BCUT2D eigenvalue weighted by atomic mass is 16.5. The molecule has 0 aliphatic heterocycles. The van der Waals surface area contributed by atoms with E-state index in [1.165, 1.54) is 43.5 Å². The van der Waals surface area contributed by atoms with Crippen molar-refractivity contribution in [3.05, 3.63) is 35.4 Å². The predicted molar refractivity (Wildman–Crippen MR) is 95.4 cm³/mol. The third kappa shape index (κ3) is 7.62. The summed E-state index contributed by atoms with van der Waals surface area (Å²) in [4.78, 5) is 23.2. The van der Waals surface area contributed by atoms with E-state index in [0.29, 0.717) is 11.5 Å². The molecule has 24 heavy (non-hydrogen) atoms. The Kier molecular flexibility index (Phi) is 9.13. The van der Waals surface area contributed by atoms with Crippen LogP contribution in [0.3, 0.4) is 0 Å². The summed E-state index contributed by atoms with van der Waals surface area (Å²) < 4.78 is 5.68. The van der Waals surface area contributed by atoms with Gasteiger partial charge in [-0.2, -0.15) is 0 Å². The molecule has 1 N–H and O–H groups in total. The molecule has 1 rings (SSSR count). The molecule has 1 aromatic carbocycles. The summed E-state index contributed by atoms with van der Waals surface area (Å²) in [5.74, 6) is -0.784. The van der Waals surface area contributed by atoms with E-state index < -0.39 is 5.97 Å². The SMILES string of the molecule is CCCCCCC(CCC(C)C)OC(=O)c1ccc(C(=O)O)cc1. The first-order chi connectivity index (χ1) is 11.4. The smallest absolute Gasteiger partial charge is 0.338 e. The van der Waals surface area contributed by atoms with E-state index >= 15 is 0 Å². The highest BCUT2D eigenvalue weighted by molar-refractivity contribution is 5.92. The zero-order chi connectivity index (χ0) is 17.9. The molecule has 0 aliphatic rings. The largest absolute Gasteiger partial charge is 0.478 e. The van der Waals surface area contributed by atoms with Crippen molar-refractivity contribution >= 4 is 11.9 Å². The molecule has 1 atom stereocenters. The molecule has 0 amide bonds. The summed E-state index contributed by atoms with van der Waals surface area (Å²) in [7, 11) is 0. The van der Waals surface area contributed by atoms with Gasteiger partial charge in [-0.05, 0) is 55.9 Å². The number of aromatic carboxylic acids is 1. The fraction of sp³-hybridized carbons (Fsp3) is 0.600. The van der Waals surface area contributed by atoms with Gasteiger partial charge in [-0.15, -0.1) is 0 Å². The summed E-state index contributed by atoms with van der Waals surface area (Å²) in [5, 5.41) is 8.91. The summed E-state index contributed by atoms with van der Waals surface area (Å²) >= 11 is 0. The van der Waals surface area contributed by atoms with Crippen molar-refractivity contribution in [2.24, 2.45) is 5.92 Å². The first-order valence-electron chi connectivity index (χ1n) is 8.98. The molecule has 0 aliphatic carbocycles. The Morgan fingerprint density at radius 1 is 0.958 bits per heavy atom. The van der Waals surface area contributed by atoms with Crippen molar-refractivity contribution in [2.45, 2.75) is 71.8 Å². The predicted octanol–water partition coefficient (Wildman–Crippen LogP) is 5.32. The van der Waals surface area contributed by atoms with E-state index in [9.17, 15) is 9.59 Å². The Morgan fingerprint density at radius 2 is 1.58 bits per heavy atom. The van der Waals surface area contributed by atoms with Gasteiger partial charge in [0, 0.05) is 0 Å². The molecule has 1 unspecified atom stereocenters. The average Bonchev–Trinajstić information content (AvgIpc) is 2.56. The van der Waals surface area contributed by atoms with Gasteiger partial charge in [0.05, 0.1) is 11.1 Å². The van der Waals surface area contributed by atoms with Crippen LogP contribution in [0.5, 0.6) is 0 Å². The highest BCUT2D eigenvalue weighted by Gasteiger charge is 2.17. The second-order valence-corrected chi connectivity index (χ2v) is 6.73. The number of carbonyl (C=O) groups is 2. The molecule has 1 aromatic rings. The lowest BCUT2D eigenvalue weighted by molar-refractivity contribution is 0.0242. The quantitative estimate of drug-likeness (QED) is 0.439. The van der Waals surface area contributed by atoms with Gasteiger partial charge in [-0.1, -0.05) is 40.0 Å². The number of carbonyl (C=O) groups excluding carboxylic acids is 1. The van der Waals surface area contributed by atoms with Crippen LogP contribution in [0.1, 0.15) is 86.4 Å². The molecule has 134 valence electrons. The molecule has 0 heterocycles. The Labute approximate surface area is 145 Å². The van der Waals surface area contributed by atoms with E-state index in [4.69, 9.17) is 9.84 Å². The third-order valence-corrected chi connectivity index (χ3v) is 4.09. The van der Waals surface area contributed by atoms with Gasteiger partial charge in [-0.25, -0.2) is 9.59 Å². The van der Waals surface area contributed by atoms with Gasteiger partial charge in [0.1, 0.15) is 6.10 Å². The van der Waals surface area contributed by atoms with Crippen LogP contribution in [-0.2, 0) is 4.74 Å².